The average molecular weight is 342 g/mol. The summed E-state index contributed by atoms with van der Waals surface area (Å²) in [5.74, 6) is 0.0692. The van der Waals surface area contributed by atoms with Crippen LogP contribution in [-0.2, 0) is 14.3 Å². The normalized spacial score (nSPS) is 21.5. The first-order valence-corrected chi connectivity index (χ1v) is 9.14. The van der Waals surface area contributed by atoms with Gasteiger partial charge in [0.05, 0.1) is 13.2 Å². The summed E-state index contributed by atoms with van der Waals surface area (Å²) >= 11 is 0. The lowest BCUT2D eigenvalue weighted by atomic mass is 10.1. The number of nitrogens with zero attached hydrogens (tertiary/aromatic N) is 2. The van der Waals surface area contributed by atoms with Gasteiger partial charge in [-0.2, -0.15) is 0 Å². The predicted molar refractivity (Wildman–Crippen MR) is 96.8 cm³/mol. The molecule has 1 aromatic carbocycles. The highest BCUT2D eigenvalue weighted by Gasteiger charge is 2.37. The van der Waals surface area contributed by atoms with E-state index in [9.17, 15) is 9.59 Å². The summed E-state index contributed by atoms with van der Waals surface area (Å²) in [6, 6.07) is 9.54. The largest absolute Gasteiger partial charge is 0.378 e. The Morgan fingerprint density at radius 2 is 1.88 bits per heavy atom. The first-order chi connectivity index (χ1) is 12.2. The molecule has 25 heavy (non-hydrogen) atoms. The second-order valence-electron chi connectivity index (χ2n) is 6.53. The molecular formula is C20H26N2O3. The monoisotopic (exact) mass is 342 g/mol. The van der Waals surface area contributed by atoms with Crippen LogP contribution in [0.4, 0.5) is 0 Å². The molecule has 0 aromatic heterocycles. The lowest BCUT2D eigenvalue weighted by Crippen LogP contribution is -2.51. The van der Waals surface area contributed by atoms with E-state index >= 15 is 0 Å². The fourth-order valence-corrected chi connectivity index (χ4v) is 3.51. The Morgan fingerprint density at radius 3 is 2.56 bits per heavy atom. The highest BCUT2D eigenvalue weighted by atomic mass is 16.5. The molecule has 2 fully saturated rings. The number of benzene rings is 1. The maximum Gasteiger partial charge on any atom is 0.250 e. The lowest BCUT2D eigenvalue weighted by molar-refractivity contribution is -0.145. The third-order valence-electron chi connectivity index (χ3n) is 4.92. The number of hydrogen-bond acceptors (Lipinski definition) is 3. The number of likely N-dealkylation sites (tertiary alicyclic amines) is 1. The number of hydrogen-bond donors (Lipinski definition) is 0. The van der Waals surface area contributed by atoms with Crippen LogP contribution in [0.25, 0.3) is 6.08 Å². The van der Waals surface area contributed by atoms with Crippen molar-refractivity contribution in [2.24, 2.45) is 0 Å². The van der Waals surface area contributed by atoms with Gasteiger partial charge < -0.3 is 14.5 Å². The lowest BCUT2D eigenvalue weighted by Gasteiger charge is -2.32. The third kappa shape index (κ3) is 4.10. The van der Waals surface area contributed by atoms with Gasteiger partial charge in [-0.15, -0.1) is 0 Å². The molecule has 134 valence electrons. The molecule has 0 unspecified atom stereocenters. The van der Waals surface area contributed by atoms with E-state index in [4.69, 9.17) is 4.74 Å². The van der Waals surface area contributed by atoms with Crippen LogP contribution < -0.4 is 0 Å². The highest BCUT2D eigenvalue weighted by Crippen LogP contribution is 2.24. The van der Waals surface area contributed by atoms with Crippen molar-refractivity contribution in [1.29, 1.82) is 0 Å². The summed E-state index contributed by atoms with van der Waals surface area (Å²) in [6.07, 6.45) is 4.23. The first kappa shape index (κ1) is 17.7. The summed E-state index contributed by atoms with van der Waals surface area (Å²) in [4.78, 5) is 29.5. The summed E-state index contributed by atoms with van der Waals surface area (Å²) < 4.78 is 5.33. The zero-order valence-corrected chi connectivity index (χ0v) is 14.8. The standard InChI is InChI=1S/C20H26N2O3/c1-2-17(15-16-7-4-3-5-8-16)19(23)22-10-6-9-18(22)20(24)21-11-13-25-14-12-21/h3-5,7-8,15,18H,2,6,9-14H2,1H3/b17-15+/t18-/m1/s1. The van der Waals surface area contributed by atoms with Crippen LogP contribution in [-0.4, -0.2) is 60.5 Å². The Bertz CT molecular complexity index is 636. The van der Waals surface area contributed by atoms with Gasteiger partial charge in [-0.1, -0.05) is 37.3 Å². The Morgan fingerprint density at radius 1 is 1.16 bits per heavy atom. The zero-order chi connectivity index (χ0) is 17.6. The second kappa shape index (κ2) is 8.30. The summed E-state index contributed by atoms with van der Waals surface area (Å²) in [6.45, 7) is 5.06. The van der Waals surface area contributed by atoms with E-state index in [0.29, 0.717) is 39.3 Å². The van der Waals surface area contributed by atoms with Gasteiger partial charge in [0, 0.05) is 25.2 Å². The predicted octanol–water partition coefficient (Wildman–Crippen LogP) is 2.33. The van der Waals surface area contributed by atoms with Crippen LogP contribution in [0.15, 0.2) is 35.9 Å². The fourth-order valence-electron chi connectivity index (χ4n) is 3.51. The molecule has 0 saturated carbocycles. The molecule has 1 atom stereocenters. The Balaban J connectivity index is 1.75. The van der Waals surface area contributed by atoms with Gasteiger partial charge in [0.25, 0.3) is 0 Å². The van der Waals surface area contributed by atoms with Crippen molar-refractivity contribution in [2.75, 3.05) is 32.8 Å². The van der Waals surface area contributed by atoms with Crippen molar-refractivity contribution < 1.29 is 14.3 Å². The topological polar surface area (TPSA) is 49.9 Å². The number of morpholine rings is 1. The minimum absolute atomic E-state index is 0.00420. The van der Waals surface area contributed by atoms with Gasteiger partial charge in [-0.3, -0.25) is 9.59 Å². The van der Waals surface area contributed by atoms with Crippen molar-refractivity contribution in [2.45, 2.75) is 32.2 Å². The van der Waals surface area contributed by atoms with Crippen LogP contribution in [0, 0.1) is 0 Å². The number of amides is 2. The third-order valence-corrected chi connectivity index (χ3v) is 4.92. The molecule has 0 bridgehead atoms. The number of carbonyl (C=O) groups is 2. The van der Waals surface area contributed by atoms with Crippen LogP contribution in [0.5, 0.6) is 0 Å². The molecule has 0 N–H and O–H groups in total. The van der Waals surface area contributed by atoms with Crippen molar-refractivity contribution in [3.05, 3.63) is 41.5 Å². The maximum absolute atomic E-state index is 13.0. The van der Waals surface area contributed by atoms with Gasteiger partial charge in [0.15, 0.2) is 0 Å². The highest BCUT2D eigenvalue weighted by molar-refractivity contribution is 6.00. The Hall–Kier alpha value is -2.14. The molecular weight excluding hydrogens is 316 g/mol. The van der Waals surface area contributed by atoms with Crippen LogP contribution in [0.3, 0.4) is 0 Å². The molecule has 2 heterocycles. The first-order valence-electron chi connectivity index (χ1n) is 9.14. The molecule has 2 aliphatic heterocycles. The molecule has 2 saturated heterocycles. The van der Waals surface area contributed by atoms with E-state index < -0.39 is 0 Å². The molecule has 2 amide bonds. The smallest absolute Gasteiger partial charge is 0.250 e. The fraction of sp³-hybridized carbons (Fsp3) is 0.500. The van der Waals surface area contributed by atoms with Gasteiger partial charge in [0.1, 0.15) is 6.04 Å². The molecule has 0 radical (unpaired) electrons. The van der Waals surface area contributed by atoms with Gasteiger partial charge in [0.2, 0.25) is 11.8 Å². The van der Waals surface area contributed by atoms with Crippen LogP contribution >= 0.6 is 0 Å². The summed E-state index contributed by atoms with van der Waals surface area (Å²) in [5.41, 5.74) is 1.77. The van der Waals surface area contributed by atoms with E-state index in [-0.39, 0.29) is 17.9 Å². The van der Waals surface area contributed by atoms with Crippen LogP contribution in [0.1, 0.15) is 31.7 Å². The molecule has 5 heteroatoms. The summed E-state index contributed by atoms with van der Waals surface area (Å²) in [7, 11) is 0. The van der Waals surface area contributed by atoms with Crippen molar-refractivity contribution >= 4 is 17.9 Å². The number of carbonyl (C=O) groups excluding carboxylic acids is 2. The Kier molecular flexibility index (Phi) is 5.87. The van der Waals surface area contributed by atoms with E-state index in [1.807, 2.05) is 48.2 Å². The minimum Gasteiger partial charge on any atom is -0.378 e. The SMILES string of the molecule is CC/C(=C\c1ccccc1)C(=O)N1CCC[C@@H]1C(=O)N1CCOCC1. The Labute approximate surface area is 149 Å². The van der Waals surface area contributed by atoms with E-state index in [0.717, 1.165) is 24.0 Å². The number of ether oxygens (including phenoxy) is 1. The average Bonchev–Trinajstić information content (AvgIpc) is 3.16. The second-order valence-corrected chi connectivity index (χ2v) is 6.53. The van der Waals surface area contributed by atoms with E-state index in [2.05, 4.69) is 0 Å². The molecule has 1 aromatic rings. The molecule has 5 nitrogen and oxygen atoms in total. The van der Waals surface area contributed by atoms with Crippen molar-refractivity contribution in [3.63, 3.8) is 0 Å². The van der Waals surface area contributed by atoms with Crippen molar-refractivity contribution in [3.8, 4) is 0 Å². The molecule has 3 rings (SSSR count). The minimum atomic E-state index is -0.323. The molecule has 2 aliphatic rings. The van der Waals surface area contributed by atoms with Gasteiger partial charge in [-0.05, 0) is 30.9 Å². The van der Waals surface area contributed by atoms with Crippen molar-refractivity contribution in [1.82, 2.24) is 9.80 Å². The maximum atomic E-state index is 13.0. The van der Waals surface area contributed by atoms with E-state index in [1.165, 1.54) is 0 Å². The molecule has 0 spiro atoms. The van der Waals surface area contributed by atoms with Gasteiger partial charge in [-0.25, -0.2) is 0 Å². The zero-order valence-electron chi connectivity index (χ0n) is 14.8. The van der Waals surface area contributed by atoms with E-state index in [1.54, 1.807) is 4.90 Å². The van der Waals surface area contributed by atoms with Gasteiger partial charge >= 0.3 is 0 Å². The quantitative estimate of drug-likeness (QED) is 0.789. The summed E-state index contributed by atoms with van der Waals surface area (Å²) in [5, 5.41) is 0. The molecule has 0 aliphatic carbocycles. The number of rotatable bonds is 4. The van der Waals surface area contributed by atoms with Crippen LogP contribution in [0.2, 0.25) is 0 Å².